The quantitative estimate of drug-likeness (QED) is 0.415. The Labute approximate surface area is 201 Å². The van der Waals surface area contributed by atoms with E-state index in [1.165, 1.54) is 0 Å². The van der Waals surface area contributed by atoms with Crippen molar-refractivity contribution < 1.29 is 44.7 Å². The van der Waals surface area contributed by atoms with E-state index in [1.807, 2.05) is 0 Å². The molecule has 1 aromatic carbocycles. The van der Waals surface area contributed by atoms with Crippen molar-refractivity contribution in [3.63, 3.8) is 0 Å². The minimum absolute atomic E-state index is 0.0352. The summed E-state index contributed by atoms with van der Waals surface area (Å²) in [6.45, 7) is -3.79. The van der Waals surface area contributed by atoms with E-state index in [2.05, 4.69) is 20.3 Å². The van der Waals surface area contributed by atoms with Gasteiger partial charge in [-0.15, -0.1) is 0 Å². The third kappa shape index (κ3) is 4.70. The van der Waals surface area contributed by atoms with Gasteiger partial charge < -0.3 is 10.1 Å². The lowest BCUT2D eigenvalue weighted by Gasteiger charge is -2.18. The molecule has 1 aliphatic carbocycles. The molecule has 36 heavy (non-hydrogen) atoms. The van der Waals surface area contributed by atoms with E-state index in [0.29, 0.717) is 9.36 Å². The van der Waals surface area contributed by atoms with E-state index in [4.69, 9.17) is 11.6 Å². The van der Waals surface area contributed by atoms with Crippen LogP contribution in [0.15, 0.2) is 24.5 Å². The van der Waals surface area contributed by atoms with Crippen LogP contribution in [0.4, 0.5) is 35.1 Å². The van der Waals surface area contributed by atoms with Gasteiger partial charge in [0.05, 0.1) is 16.8 Å². The summed E-state index contributed by atoms with van der Waals surface area (Å²) in [5, 5.41) is 9.27. The van der Waals surface area contributed by atoms with Crippen LogP contribution in [0.1, 0.15) is 28.9 Å². The molecule has 1 saturated carbocycles. The zero-order valence-corrected chi connectivity index (χ0v) is 18.6. The monoisotopic (exact) mass is 543 g/mol. The fourth-order valence-corrected chi connectivity index (χ4v) is 3.53. The van der Waals surface area contributed by atoms with Crippen molar-refractivity contribution in [2.75, 3.05) is 0 Å². The van der Waals surface area contributed by atoms with Crippen LogP contribution in [0.3, 0.4) is 0 Å². The lowest BCUT2D eigenvalue weighted by Crippen LogP contribution is -2.34. The molecule has 0 saturated heterocycles. The predicted molar refractivity (Wildman–Crippen MR) is 108 cm³/mol. The summed E-state index contributed by atoms with van der Waals surface area (Å²) in [6, 6.07) is 1.92. The van der Waals surface area contributed by atoms with Crippen molar-refractivity contribution in [1.29, 1.82) is 0 Å². The zero-order valence-electron chi connectivity index (χ0n) is 17.9. The SMILES string of the molecule is Cn1nc(C(F)(F)C(F)(F)F)c(OC(F)F)c1-n1cc(-c2cc(C(=O)NC3CC3)c(Cl)cc2F)cn1. The predicted octanol–water partition coefficient (Wildman–Crippen LogP) is 5.21. The molecular weight excluding hydrogens is 530 g/mol. The van der Waals surface area contributed by atoms with Crippen molar-refractivity contribution in [1.82, 2.24) is 24.9 Å². The first-order chi connectivity index (χ1) is 16.7. The van der Waals surface area contributed by atoms with E-state index >= 15 is 0 Å². The molecule has 0 atom stereocenters. The Morgan fingerprint density at radius 1 is 1.22 bits per heavy atom. The van der Waals surface area contributed by atoms with Crippen LogP contribution in [-0.4, -0.2) is 44.3 Å². The highest BCUT2D eigenvalue weighted by Gasteiger charge is 2.62. The number of aromatic nitrogens is 4. The van der Waals surface area contributed by atoms with Gasteiger partial charge in [-0.05, 0) is 25.0 Å². The molecule has 0 aliphatic heterocycles. The molecule has 1 fully saturated rings. The fraction of sp³-hybridized carbons (Fsp3) is 0.350. The second-order valence-corrected chi connectivity index (χ2v) is 8.22. The Morgan fingerprint density at radius 3 is 2.47 bits per heavy atom. The number of halogens is 9. The topological polar surface area (TPSA) is 74.0 Å². The third-order valence-electron chi connectivity index (χ3n) is 5.16. The highest BCUT2D eigenvalue weighted by atomic mass is 35.5. The number of carbonyl (C=O) groups excluding carboxylic acids is 1. The maximum atomic E-state index is 14.7. The normalized spacial score (nSPS) is 14.4. The Balaban J connectivity index is 1.79. The molecule has 2 heterocycles. The summed E-state index contributed by atoms with van der Waals surface area (Å²) in [5.74, 6) is -9.53. The minimum atomic E-state index is -6.17. The zero-order chi connectivity index (χ0) is 26.6. The van der Waals surface area contributed by atoms with Crippen molar-refractivity contribution in [2.45, 2.75) is 37.6 Å². The van der Waals surface area contributed by atoms with E-state index in [9.17, 15) is 39.9 Å². The number of nitrogens with one attached hydrogen (secondary N) is 1. The second kappa shape index (κ2) is 8.94. The van der Waals surface area contributed by atoms with Gasteiger partial charge in [-0.25, -0.2) is 13.8 Å². The van der Waals surface area contributed by atoms with Crippen LogP contribution < -0.4 is 10.1 Å². The number of hydrogen-bond acceptors (Lipinski definition) is 4. The Hall–Kier alpha value is -3.36. The molecule has 0 unspecified atom stereocenters. The Bertz CT molecular complexity index is 1320. The molecule has 2 aromatic heterocycles. The summed E-state index contributed by atoms with van der Waals surface area (Å²) in [5.41, 5.74) is -2.51. The number of ether oxygens (including phenoxy) is 1. The van der Waals surface area contributed by atoms with Gasteiger partial charge in [0.2, 0.25) is 0 Å². The maximum Gasteiger partial charge on any atom is 0.459 e. The molecule has 1 N–H and O–H groups in total. The number of hydrogen-bond donors (Lipinski definition) is 1. The van der Waals surface area contributed by atoms with Crippen LogP contribution >= 0.6 is 11.6 Å². The fourth-order valence-electron chi connectivity index (χ4n) is 3.30. The molecule has 7 nitrogen and oxygen atoms in total. The van der Waals surface area contributed by atoms with Gasteiger partial charge >= 0.3 is 18.7 Å². The molecule has 4 rings (SSSR count). The molecule has 0 spiro atoms. The van der Waals surface area contributed by atoms with Crippen molar-refractivity contribution in [3.05, 3.63) is 46.6 Å². The minimum Gasteiger partial charge on any atom is -0.428 e. The van der Waals surface area contributed by atoms with Crippen LogP contribution in [-0.2, 0) is 13.0 Å². The van der Waals surface area contributed by atoms with E-state index in [0.717, 1.165) is 44.4 Å². The number of alkyl halides is 7. The Morgan fingerprint density at radius 2 is 1.89 bits per heavy atom. The highest BCUT2D eigenvalue weighted by molar-refractivity contribution is 6.34. The van der Waals surface area contributed by atoms with Gasteiger partial charge in [-0.1, -0.05) is 11.6 Å². The first-order valence-corrected chi connectivity index (χ1v) is 10.4. The van der Waals surface area contributed by atoms with Gasteiger partial charge in [0, 0.05) is 30.4 Å². The summed E-state index contributed by atoms with van der Waals surface area (Å²) in [6.07, 6.45) is -2.71. The largest absolute Gasteiger partial charge is 0.459 e. The van der Waals surface area contributed by atoms with Crippen molar-refractivity contribution >= 4 is 17.5 Å². The van der Waals surface area contributed by atoms with Gasteiger partial charge in [0.25, 0.3) is 5.91 Å². The maximum absolute atomic E-state index is 14.7. The highest BCUT2D eigenvalue weighted by Crippen LogP contribution is 2.48. The molecule has 0 radical (unpaired) electrons. The molecule has 194 valence electrons. The Kier molecular flexibility index (Phi) is 6.39. The van der Waals surface area contributed by atoms with E-state index in [1.54, 1.807) is 0 Å². The second-order valence-electron chi connectivity index (χ2n) is 7.81. The van der Waals surface area contributed by atoms with Crippen LogP contribution in [0, 0.1) is 5.82 Å². The summed E-state index contributed by atoms with van der Waals surface area (Å²) < 4.78 is 112. The summed E-state index contributed by atoms with van der Waals surface area (Å²) in [7, 11) is 0.897. The lowest BCUT2D eigenvalue weighted by atomic mass is 10.0. The smallest absolute Gasteiger partial charge is 0.428 e. The summed E-state index contributed by atoms with van der Waals surface area (Å²) in [4.78, 5) is 12.4. The molecular formula is C20H14ClF8N5O2. The number of carbonyl (C=O) groups is 1. The van der Waals surface area contributed by atoms with Crippen LogP contribution in [0.5, 0.6) is 5.75 Å². The first-order valence-electron chi connectivity index (χ1n) is 10.0. The number of amides is 1. The molecule has 0 bridgehead atoms. The van der Waals surface area contributed by atoms with Gasteiger partial charge in [0.15, 0.2) is 17.3 Å². The molecule has 1 amide bonds. The van der Waals surface area contributed by atoms with Gasteiger partial charge in [-0.3, -0.25) is 4.79 Å². The average molecular weight is 544 g/mol. The number of benzene rings is 1. The van der Waals surface area contributed by atoms with Gasteiger partial charge in [0.1, 0.15) is 5.82 Å². The van der Waals surface area contributed by atoms with Crippen LogP contribution in [0.2, 0.25) is 5.02 Å². The average Bonchev–Trinajstić information content (AvgIpc) is 3.32. The lowest BCUT2D eigenvalue weighted by molar-refractivity contribution is -0.291. The van der Waals surface area contributed by atoms with E-state index < -0.39 is 47.7 Å². The summed E-state index contributed by atoms with van der Waals surface area (Å²) >= 11 is 5.98. The first kappa shape index (κ1) is 25.7. The van der Waals surface area contributed by atoms with Crippen molar-refractivity contribution in [2.24, 2.45) is 7.05 Å². The molecule has 16 heteroatoms. The van der Waals surface area contributed by atoms with Gasteiger partial charge in [-0.2, -0.15) is 40.9 Å². The van der Waals surface area contributed by atoms with E-state index in [-0.39, 0.29) is 27.8 Å². The third-order valence-corrected chi connectivity index (χ3v) is 5.47. The standard InChI is InChI=1S/C20H14ClF8N5O2/c1-33-17(14(36-18(23)24)15(32-33)19(25,26)20(27,28)29)34-7-8(6-30-34)10-4-11(12(21)5-13(10)22)16(35)31-9-2-3-9/h4-7,9,18H,2-3H2,1H3,(H,31,35). The number of nitrogens with zero attached hydrogens (tertiary/aromatic N) is 4. The van der Waals surface area contributed by atoms with Crippen molar-refractivity contribution in [3.8, 4) is 22.7 Å². The number of aryl methyl sites for hydroxylation is 1. The number of rotatable bonds is 7. The van der Waals surface area contributed by atoms with Crippen LogP contribution in [0.25, 0.3) is 16.9 Å². The molecule has 3 aromatic rings. The molecule has 1 aliphatic rings.